The summed E-state index contributed by atoms with van der Waals surface area (Å²) in [6.45, 7) is 4.22. The molecule has 1 fully saturated rings. The molecule has 5 nitrogen and oxygen atoms in total. The van der Waals surface area contributed by atoms with Crippen LogP contribution in [-0.4, -0.2) is 31.7 Å². The van der Waals surface area contributed by atoms with Crippen molar-refractivity contribution < 1.29 is 5.11 Å². The fraction of sp³-hybridized carbons (Fsp3) is 0.238. The molecule has 4 rings (SSSR count). The number of benzene rings is 1. The van der Waals surface area contributed by atoms with Crippen LogP contribution in [0.3, 0.4) is 0 Å². The van der Waals surface area contributed by atoms with Crippen LogP contribution in [0.15, 0.2) is 54.7 Å². The van der Waals surface area contributed by atoms with E-state index in [-0.39, 0.29) is 17.8 Å². The van der Waals surface area contributed by atoms with E-state index in [2.05, 4.69) is 39.7 Å². The van der Waals surface area contributed by atoms with Gasteiger partial charge in [-0.25, -0.2) is 0 Å². The van der Waals surface area contributed by atoms with Crippen molar-refractivity contribution in [1.29, 1.82) is 0 Å². The van der Waals surface area contributed by atoms with Crippen molar-refractivity contribution >= 4 is 17.3 Å². The van der Waals surface area contributed by atoms with Gasteiger partial charge in [-0.3, -0.25) is 4.98 Å². The molecule has 0 radical (unpaired) electrons. The zero-order valence-corrected chi connectivity index (χ0v) is 16.4. The van der Waals surface area contributed by atoms with E-state index in [1.54, 1.807) is 12.1 Å². The SMILES string of the molecule is Cc1cc(C2C(c3ccccn3)NC(=S)N2C)c(C)n1-c1ccc(O)cc1. The number of thiocarbonyl (C=S) groups is 1. The maximum atomic E-state index is 9.60. The number of nitrogens with zero attached hydrogens (tertiary/aromatic N) is 3. The van der Waals surface area contributed by atoms with E-state index in [1.165, 1.54) is 5.56 Å². The smallest absolute Gasteiger partial charge is 0.169 e. The van der Waals surface area contributed by atoms with Gasteiger partial charge in [0, 0.05) is 30.3 Å². The summed E-state index contributed by atoms with van der Waals surface area (Å²) in [4.78, 5) is 6.66. The molecule has 2 N–H and O–H groups in total. The standard InChI is InChI=1S/C21H22N4OS/c1-13-12-17(14(2)25(13)15-7-9-16(26)10-8-15)20-19(23-21(27)24(20)3)18-6-4-5-11-22-18/h4-12,19-20,26H,1-3H3,(H,23,27). The van der Waals surface area contributed by atoms with Crippen LogP contribution in [-0.2, 0) is 0 Å². The number of aromatic hydroxyl groups is 1. The first-order valence-corrected chi connectivity index (χ1v) is 9.30. The van der Waals surface area contributed by atoms with Gasteiger partial charge >= 0.3 is 0 Å². The topological polar surface area (TPSA) is 53.3 Å². The van der Waals surface area contributed by atoms with E-state index in [0.717, 1.165) is 27.9 Å². The first-order valence-electron chi connectivity index (χ1n) is 8.90. The number of aryl methyl sites for hydroxylation is 1. The van der Waals surface area contributed by atoms with Crippen LogP contribution in [0.5, 0.6) is 5.75 Å². The third kappa shape index (κ3) is 2.96. The fourth-order valence-electron chi connectivity index (χ4n) is 3.93. The predicted octanol–water partition coefficient (Wildman–Crippen LogP) is 3.80. The van der Waals surface area contributed by atoms with Gasteiger partial charge in [-0.2, -0.15) is 0 Å². The molecular formula is C21H22N4OS. The van der Waals surface area contributed by atoms with E-state index in [9.17, 15) is 5.11 Å². The first-order chi connectivity index (χ1) is 13.0. The van der Waals surface area contributed by atoms with Crippen LogP contribution in [0, 0.1) is 13.8 Å². The Morgan fingerprint density at radius 2 is 1.85 bits per heavy atom. The lowest BCUT2D eigenvalue weighted by molar-refractivity contribution is 0.367. The Morgan fingerprint density at radius 3 is 2.52 bits per heavy atom. The van der Waals surface area contributed by atoms with Gasteiger partial charge in [-0.15, -0.1) is 0 Å². The summed E-state index contributed by atoms with van der Waals surface area (Å²) in [6.07, 6.45) is 1.81. The second kappa shape index (κ2) is 6.70. The Balaban J connectivity index is 1.81. The van der Waals surface area contributed by atoms with Gasteiger partial charge in [-0.1, -0.05) is 6.07 Å². The van der Waals surface area contributed by atoms with E-state index in [0.29, 0.717) is 0 Å². The highest BCUT2D eigenvalue weighted by atomic mass is 32.1. The molecule has 27 heavy (non-hydrogen) atoms. The molecular weight excluding hydrogens is 356 g/mol. The van der Waals surface area contributed by atoms with Crippen LogP contribution in [0.1, 0.15) is 34.7 Å². The monoisotopic (exact) mass is 378 g/mol. The second-order valence-electron chi connectivity index (χ2n) is 6.92. The quantitative estimate of drug-likeness (QED) is 0.679. The summed E-state index contributed by atoms with van der Waals surface area (Å²) >= 11 is 5.54. The first kappa shape index (κ1) is 17.5. The molecule has 0 aliphatic carbocycles. The highest BCUT2D eigenvalue weighted by molar-refractivity contribution is 7.80. The van der Waals surface area contributed by atoms with Crippen molar-refractivity contribution in [1.82, 2.24) is 19.8 Å². The Labute approximate surface area is 164 Å². The van der Waals surface area contributed by atoms with Crippen molar-refractivity contribution in [2.24, 2.45) is 0 Å². The van der Waals surface area contributed by atoms with E-state index < -0.39 is 0 Å². The average molecular weight is 379 g/mol. The average Bonchev–Trinajstić information content (AvgIpc) is 3.12. The molecule has 0 amide bonds. The molecule has 2 aromatic heterocycles. The molecule has 138 valence electrons. The van der Waals surface area contributed by atoms with Gasteiger partial charge in [0.25, 0.3) is 0 Å². The van der Waals surface area contributed by atoms with Gasteiger partial charge in [0.1, 0.15) is 5.75 Å². The summed E-state index contributed by atoms with van der Waals surface area (Å²) in [5, 5.41) is 13.8. The minimum absolute atomic E-state index is 0.00234. The minimum Gasteiger partial charge on any atom is -0.508 e. The molecule has 0 bridgehead atoms. The van der Waals surface area contributed by atoms with Crippen LogP contribution in [0.25, 0.3) is 5.69 Å². The molecule has 1 saturated heterocycles. The van der Waals surface area contributed by atoms with Crippen molar-refractivity contribution in [2.45, 2.75) is 25.9 Å². The summed E-state index contributed by atoms with van der Waals surface area (Å²) in [6, 6.07) is 15.5. The van der Waals surface area contributed by atoms with Gasteiger partial charge in [-0.05, 0) is 74.1 Å². The number of pyridine rings is 1. The number of hydrogen-bond acceptors (Lipinski definition) is 3. The summed E-state index contributed by atoms with van der Waals surface area (Å²) in [5.41, 5.74) is 5.51. The van der Waals surface area contributed by atoms with Gasteiger partial charge < -0.3 is 19.9 Å². The second-order valence-corrected chi connectivity index (χ2v) is 7.30. The summed E-state index contributed by atoms with van der Waals surface area (Å²) < 4.78 is 2.21. The largest absolute Gasteiger partial charge is 0.508 e. The van der Waals surface area contributed by atoms with Crippen LogP contribution < -0.4 is 5.32 Å². The zero-order valence-electron chi connectivity index (χ0n) is 15.5. The Kier molecular flexibility index (Phi) is 4.36. The predicted molar refractivity (Wildman–Crippen MR) is 110 cm³/mol. The lowest BCUT2D eigenvalue weighted by Crippen LogP contribution is -2.25. The number of rotatable bonds is 3. The maximum absolute atomic E-state index is 9.60. The number of nitrogens with one attached hydrogen (secondary N) is 1. The summed E-state index contributed by atoms with van der Waals surface area (Å²) in [7, 11) is 2.02. The molecule has 2 unspecified atom stereocenters. The molecule has 3 heterocycles. The van der Waals surface area contributed by atoms with E-state index in [1.807, 2.05) is 43.6 Å². The number of likely N-dealkylation sites (N-methyl/N-ethyl adjacent to an activating group) is 1. The molecule has 1 aliphatic heterocycles. The number of aromatic nitrogens is 2. The number of hydrogen-bond donors (Lipinski definition) is 2. The molecule has 1 aliphatic rings. The third-order valence-electron chi connectivity index (χ3n) is 5.24. The zero-order chi connectivity index (χ0) is 19.1. The Morgan fingerprint density at radius 1 is 1.11 bits per heavy atom. The van der Waals surface area contributed by atoms with E-state index in [4.69, 9.17) is 12.2 Å². The van der Waals surface area contributed by atoms with Crippen molar-refractivity contribution in [3.05, 3.63) is 77.4 Å². The molecule has 0 spiro atoms. The molecule has 2 atom stereocenters. The molecule has 6 heteroatoms. The molecule has 1 aromatic carbocycles. The van der Waals surface area contributed by atoms with Crippen LogP contribution >= 0.6 is 12.2 Å². The van der Waals surface area contributed by atoms with Gasteiger partial charge in [0.15, 0.2) is 5.11 Å². The van der Waals surface area contributed by atoms with Crippen molar-refractivity contribution in [2.75, 3.05) is 7.05 Å². The lowest BCUT2D eigenvalue weighted by atomic mass is 9.97. The lowest BCUT2D eigenvalue weighted by Gasteiger charge is -2.24. The Hall–Kier alpha value is -2.86. The van der Waals surface area contributed by atoms with Crippen molar-refractivity contribution in [3.63, 3.8) is 0 Å². The van der Waals surface area contributed by atoms with Crippen LogP contribution in [0.2, 0.25) is 0 Å². The normalized spacial score (nSPS) is 19.4. The molecule has 0 saturated carbocycles. The van der Waals surface area contributed by atoms with Crippen molar-refractivity contribution in [3.8, 4) is 11.4 Å². The Bertz CT molecular complexity index is 981. The maximum Gasteiger partial charge on any atom is 0.169 e. The van der Waals surface area contributed by atoms with Gasteiger partial charge in [0.05, 0.1) is 17.8 Å². The number of phenolic OH excluding ortho intramolecular Hbond substituents is 1. The van der Waals surface area contributed by atoms with E-state index >= 15 is 0 Å². The number of phenols is 1. The minimum atomic E-state index is -0.00234. The van der Waals surface area contributed by atoms with Gasteiger partial charge in [0.2, 0.25) is 0 Å². The van der Waals surface area contributed by atoms with Crippen LogP contribution in [0.4, 0.5) is 0 Å². The highest BCUT2D eigenvalue weighted by Crippen LogP contribution is 2.40. The highest BCUT2D eigenvalue weighted by Gasteiger charge is 2.39. The summed E-state index contributed by atoms with van der Waals surface area (Å²) in [5.74, 6) is 0.265. The third-order valence-corrected chi connectivity index (χ3v) is 5.64. The fourth-order valence-corrected chi connectivity index (χ4v) is 4.17. The molecule has 3 aromatic rings.